The lowest BCUT2D eigenvalue weighted by atomic mass is 9.99. The first kappa shape index (κ1) is 25.5. The van der Waals surface area contributed by atoms with Crippen LogP contribution in [0, 0.1) is 0 Å². The van der Waals surface area contributed by atoms with Crippen LogP contribution in [0.1, 0.15) is 36.5 Å². The average Bonchev–Trinajstić information content (AvgIpc) is 2.90. The molecule has 0 saturated heterocycles. The number of allylic oxidation sites excluding steroid dienone is 2. The predicted octanol–water partition coefficient (Wildman–Crippen LogP) is 4.98. The number of carboxylic acids is 1. The number of aryl methyl sites for hydroxylation is 2. The van der Waals surface area contributed by atoms with Crippen molar-refractivity contribution in [1.82, 2.24) is 5.32 Å². The Kier molecular flexibility index (Phi) is 9.31. The Morgan fingerprint density at radius 2 is 1.97 bits per heavy atom. The van der Waals surface area contributed by atoms with Crippen molar-refractivity contribution in [2.24, 2.45) is 0 Å². The van der Waals surface area contributed by atoms with Crippen LogP contribution in [0.2, 0.25) is 0 Å². The summed E-state index contributed by atoms with van der Waals surface area (Å²) in [5, 5.41) is 11.9. The predicted molar refractivity (Wildman–Crippen MR) is 111 cm³/mol. The second-order valence-electron chi connectivity index (χ2n) is 7.30. The van der Waals surface area contributed by atoms with E-state index >= 15 is 0 Å². The smallest absolute Gasteiger partial charge is 0.427 e. The van der Waals surface area contributed by atoms with Gasteiger partial charge in [-0.1, -0.05) is 25.1 Å². The lowest BCUT2D eigenvalue weighted by Crippen LogP contribution is -2.23. The van der Waals surface area contributed by atoms with Crippen molar-refractivity contribution in [1.29, 1.82) is 0 Å². The monoisotopic (exact) mass is 457 g/mol. The molecule has 1 aromatic carbocycles. The molecule has 0 saturated carbocycles. The van der Waals surface area contributed by atoms with Gasteiger partial charge in [-0.25, -0.2) is 8.78 Å². The molecule has 1 aliphatic rings. The molecule has 9 heteroatoms. The highest BCUT2D eigenvalue weighted by atomic mass is 19.3. The molecule has 2 rings (SSSR count). The highest BCUT2D eigenvalue weighted by Gasteiger charge is 2.33. The maximum Gasteiger partial charge on any atom is 0.427 e. The van der Waals surface area contributed by atoms with Crippen LogP contribution >= 0.6 is 0 Å². The van der Waals surface area contributed by atoms with E-state index in [0.29, 0.717) is 13.0 Å². The molecule has 0 spiro atoms. The number of alkyl halides is 3. The van der Waals surface area contributed by atoms with Crippen LogP contribution in [0.4, 0.5) is 17.6 Å². The first-order valence-corrected chi connectivity index (χ1v) is 10.2. The van der Waals surface area contributed by atoms with E-state index in [1.165, 1.54) is 7.11 Å². The van der Waals surface area contributed by atoms with Crippen molar-refractivity contribution in [3.05, 3.63) is 70.0 Å². The number of hydrogen-bond donors (Lipinski definition) is 2. The molecule has 0 heterocycles. The van der Waals surface area contributed by atoms with Crippen LogP contribution < -0.4 is 5.32 Å². The number of aliphatic carboxylic acids is 1. The molecule has 0 aromatic heterocycles. The first-order chi connectivity index (χ1) is 15.2. The minimum Gasteiger partial charge on any atom is -0.501 e. The summed E-state index contributed by atoms with van der Waals surface area (Å²) in [5.41, 5.74) is 3.00. The van der Waals surface area contributed by atoms with E-state index in [-0.39, 0.29) is 30.7 Å². The standard InChI is InChI=1S/C23H27F4NO4/c1-3-16-8-15(5-7-22(29)30)4-6-17(16)12-28-13-18-9-20(32-23(26,27)14-24)10-19(31-2)11-21(18)25/h4,6,8-10,28H,3,5,7,11-14H2,1-2H3,(H,29,30). The summed E-state index contributed by atoms with van der Waals surface area (Å²) in [6, 6.07) is 5.69. The van der Waals surface area contributed by atoms with Crippen LogP contribution in [0.5, 0.6) is 0 Å². The third kappa shape index (κ3) is 7.71. The molecule has 0 atom stereocenters. The van der Waals surface area contributed by atoms with Gasteiger partial charge < -0.3 is 19.9 Å². The van der Waals surface area contributed by atoms with Crippen molar-refractivity contribution in [3.8, 4) is 0 Å². The molecule has 0 radical (unpaired) electrons. The van der Waals surface area contributed by atoms with Crippen LogP contribution in [0.25, 0.3) is 0 Å². The fourth-order valence-corrected chi connectivity index (χ4v) is 3.22. The van der Waals surface area contributed by atoms with E-state index in [9.17, 15) is 22.4 Å². The SMILES string of the molecule is CCc1cc(CCC(=O)O)ccc1CNCC1=C(F)CC(OC)=CC(OC(F)(F)CF)=C1. The number of ether oxygens (including phenoxy) is 2. The maximum atomic E-state index is 14.6. The van der Waals surface area contributed by atoms with Gasteiger partial charge in [0.2, 0.25) is 0 Å². The van der Waals surface area contributed by atoms with E-state index < -0.39 is 30.3 Å². The van der Waals surface area contributed by atoms with Crippen LogP contribution in [-0.4, -0.2) is 37.5 Å². The molecule has 0 amide bonds. The van der Waals surface area contributed by atoms with Crippen molar-refractivity contribution in [2.45, 2.75) is 45.3 Å². The van der Waals surface area contributed by atoms with Crippen LogP contribution in [0.3, 0.4) is 0 Å². The summed E-state index contributed by atoms with van der Waals surface area (Å²) in [6.45, 7) is 0.369. The Morgan fingerprint density at radius 1 is 1.22 bits per heavy atom. The molecule has 176 valence electrons. The highest BCUT2D eigenvalue weighted by Crippen LogP contribution is 2.28. The summed E-state index contributed by atoms with van der Waals surface area (Å²) in [4.78, 5) is 10.8. The zero-order valence-electron chi connectivity index (χ0n) is 18.0. The molecule has 2 N–H and O–H groups in total. The van der Waals surface area contributed by atoms with E-state index in [1.54, 1.807) is 0 Å². The van der Waals surface area contributed by atoms with Crippen molar-refractivity contribution in [3.63, 3.8) is 0 Å². The van der Waals surface area contributed by atoms with Gasteiger partial charge in [-0.05, 0) is 35.6 Å². The number of rotatable bonds is 12. The number of methoxy groups -OCH3 is 1. The Hall–Kier alpha value is -2.81. The van der Waals surface area contributed by atoms with Crippen molar-refractivity contribution in [2.75, 3.05) is 20.3 Å². The van der Waals surface area contributed by atoms with E-state index in [0.717, 1.165) is 35.3 Å². The molecule has 5 nitrogen and oxygen atoms in total. The molecule has 0 aliphatic heterocycles. The summed E-state index contributed by atoms with van der Waals surface area (Å²) in [7, 11) is 1.28. The fourth-order valence-electron chi connectivity index (χ4n) is 3.22. The van der Waals surface area contributed by atoms with Gasteiger partial charge in [0.1, 0.15) is 17.3 Å². The summed E-state index contributed by atoms with van der Waals surface area (Å²) in [5.74, 6) is -1.76. The van der Waals surface area contributed by atoms with Crippen LogP contribution in [-0.2, 0) is 33.7 Å². The molecule has 32 heavy (non-hydrogen) atoms. The highest BCUT2D eigenvalue weighted by molar-refractivity contribution is 5.67. The molecular weight excluding hydrogens is 430 g/mol. The second kappa shape index (κ2) is 11.7. The number of halogens is 4. The Morgan fingerprint density at radius 3 is 2.59 bits per heavy atom. The number of nitrogens with one attached hydrogen (secondary N) is 1. The van der Waals surface area contributed by atoms with Gasteiger partial charge in [-0.2, -0.15) is 8.78 Å². The third-order valence-corrected chi connectivity index (χ3v) is 4.89. The molecule has 1 aliphatic carbocycles. The van der Waals surface area contributed by atoms with Crippen molar-refractivity contribution < 1.29 is 36.9 Å². The molecular formula is C23H27F4NO4. The maximum absolute atomic E-state index is 14.6. The Labute approximate surface area is 184 Å². The van der Waals surface area contributed by atoms with E-state index in [2.05, 4.69) is 10.1 Å². The lowest BCUT2D eigenvalue weighted by Gasteiger charge is -2.16. The number of benzene rings is 1. The Balaban J connectivity index is 2.10. The zero-order valence-corrected chi connectivity index (χ0v) is 18.0. The average molecular weight is 457 g/mol. The van der Waals surface area contributed by atoms with Gasteiger partial charge in [-0.3, -0.25) is 4.79 Å². The normalized spacial score (nSPS) is 14.6. The summed E-state index contributed by atoms with van der Waals surface area (Å²) in [6.07, 6.45) is -0.847. The van der Waals surface area contributed by atoms with Gasteiger partial charge in [0.25, 0.3) is 0 Å². The van der Waals surface area contributed by atoms with Gasteiger partial charge in [0.05, 0.1) is 13.5 Å². The largest absolute Gasteiger partial charge is 0.501 e. The molecule has 0 bridgehead atoms. The van der Waals surface area contributed by atoms with Gasteiger partial charge in [-0.15, -0.1) is 0 Å². The zero-order chi connectivity index (χ0) is 23.7. The van der Waals surface area contributed by atoms with E-state index in [1.807, 2.05) is 25.1 Å². The number of hydrogen-bond acceptors (Lipinski definition) is 4. The quantitative estimate of drug-likeness (QED) is 0.434. The second-order valence-corrected chi connectivity index (χ2v) is 7.30. The number of carboxylic acid groups (broad SMARTS) is 1. The number of carbonyl (C=O) groups is 1. The topological polar surface area (TPSA) is 67.8 Å². The van der Waals surface area contributed by atoms with Crippen LogP contribution in [0.15, 0.2) is 53.3 Å². The minimum atomic E-state index is -4.03. The molecule has 0 unspecified atom stereocenters. The van der Waals surface area contributed by atoms with Gasteiger partial charge in [0, 0.05) is 31.2 Å². The minimum absolute atomic E-state index is 0.0225. The molecule has 0 fully saturated rings. The first-order valence-electron chi connectivity index (χ1n) is 10.2. The summed E-state index contributed by atoms with van der Waals surface area (Å²) >= 11 is 0. The van der Waals surface area contributed by atoms with Gasteiger partial charge in [0.15, 0.2) is 6.67 Å². The fraction of sp³-hybridized carbons (Fsp3) is 0.435. The van der Waals surface area contributed by atoms with Gasteiger partial charge >= 0.3 is 12.1 Å². The Bertz CT molecular complexity index is 909. The third-order valence-electron chi connectivity index (χ3n) is 4.89. The van der Waals surface area contributed by atoms with E-state index in [4.69, 9.17) is 9.84 Å². The summed E-state index contributed by atoms with van der Waals surface area (Å²) < 4.78 is 63.2. The molecule has 1 aromatic rings. The van der Waals surface area contributed by atoms with Crippen molar-refractivity contribution >= 4 is 5.97 Å². The lowest BCUT2D eigenvalue weighted by molar-refractivity contribution is -0.219.